The van der Waals surface area contributed by atoms with Gasteiger partial charge in [-0.25, -0.2) is 14.4 Å². The largest absolute Gasteiger partial charge is 0.490 e. The number of benzene rings is 1. The van der Waals surface area contributed by atoms with Crippen molar-refractivity contribution in [1.82, 2.24) is 24.8 Å². The van der Waals surface area contributed by atoms with Gasteiger partial charge in [0.15, 0.2) is 17.4 Å². The molecule has 0 amide bonds. The Labute approximate surface area is 213 Å². The van der Waals surface area contributed by atoms with E-state index in [4.69, 9.17) is 10.00 Å². The summed E-state index contributed by atoms with van der Waals surface area (Å²) in [7, 11) is 0. The molecule has 0 atom stereocenters. The first kappa shape index (κ1) is 24.3. The van der Waals surface area contributed by atoms with Crippen molar-refractivity contribution in [2.45, 2.75) is 19.4 Å². The fourth-order valence-electron chi connectivity index (χ4n) is 4.32. The minimum Gasteiger partial charge on any atom is -0.490 e. The summed E-state index contributed by atoms with van der Waals surface area (Å²) in [5.41, 5.74) is 2.04. The number of ether oxygens (including phenoxy) is 1. The summed E-state index contributed by atoms with van der Waals surface area (Å²) in [6.07, 6.45) is 8.57. The molecule has 0 unspecified atom stereocenters. The van der Waals surface area contributed by atoms with Crippen molar-refractivity contribution < 1.29 is 9.13 Å². The second-order valence-electron chi connectivity index (χ2n) is 9.00. The zero-order chi connectivity index (χ0) is 25.6. The van der Waals surface area contributed by atoms with Gasteiger partial charge >= 0.3 is 0 Å². The third-order valence-electron chi connectivity index (χ3n) is 6.34. The van der Waals surface area contributed by atoms with Crippen LogP contribution in [0.1, 0.15) is 24.0 Å². The van der Waals surface area contributed by atoms with Gasteiger partial charge in [-0.15, -0.1) is 0 Å². The molecule has 4 heterocycles. The molecular formula is C28H25FN6O2. The fraction of sp³-hybridized carbons (Fsp3) is 0.250. The summed E-state index contributed by atoms with van der Waals surface area (Å²) < 4.78 is 21.7. The lowest BCUT2D eigenvalue weighted by Crippen LogP contribution is -2.30. The van der Waals surface area contributed by atoms with E-state index >= 15 is 0 Å². The van der Waals surface area contributed by atoms with Gasteiger partial charge in [0.2, 0.25) is 0 Å². The number of rotatable bonds is 7. The van der Waals surface area contributed by atoms with Crippen molar-refractivity contribution >= 4 is 0 Å². The summed E-state index contributed by atoms with van der Waals surface area (Å²) in [4.78, 5) is 25.6. The van der Waals surface area contributed by atoms with E-state index in [-0.39, 0.29) is 6.54 Å². The van der Waals surface area contributed by atoms with Gasteiger partial charge in [-0.05, 0) is 61.7 Å². The second-order valence-corrected chi connectivity index (χ2v) is 9.00. The first-order chi connectivity index (χ1) is 18.1. The quantitative estimate of drug-likeness (QED) is 0.415. The zero-order valence-electron chi connectivity index (χ0n) is 20.1. The number of nitrogens with one attached hydrogen (secondary N) is 1. The molecule has 5 rings (SSSR count). The Morgan fingerprint density at radius 2 is 1.89 bits per heavy atom. The van der Waals surface area contributed by atoms with Crippen LogP contribution in [0.25, 0.3) is 22.6 Å². The summed E-state index contributed by atoms with van der Waals surface area (Å²) in [6, 6.07) is 13.8. The van der Waals surface area contributed by atoms with Crippen molar-refractivity contribution in [3.63, 3.8) is 0 Å². The topological polar surface area (TPSA) is 106 Å². The maximum absolute atomic E-state index is 14.5. The SMILES string of the molecule is N#Cc1ccnc(-c2cc(F)c(=O)n(Cc3cccc(-c4ncc(OCC5CCNCC5)cn4)c3)c2)c1. The van der Waals surface area contributed by atoms with Crippen LogP contribution < -0.4 is 15.6 Å². The van der Waals surface area contributed by atoms with Gasteiger partial charge in [-0.2, -0.15) is 5.26 Å². The Balaban J connectivity index is 1.33. The molecule has 3 aromatic heterocycles. The normalized spacial score (nSPS) is 13.7. The van der Waals surface area contributed by atoms with Crippen LogP contribution in [-0.2, 0) is 6.54 Å². The van der Waals surface area contributed by atoms with E-state index in [1.54, 1.807) is 30.7 Å². The summed E-state index contributed by atoms with van der Waals surface area (Å²) in [5.74, 6) is 0.809. The molecule has 1 saturated heterocycles. The Bertz CT molecular complexity index is 1490. The van der Waals surface area contributed by atoms with E-state index < -0.39 is 11.4 Å². The molecule has 1 N–H and O–H groups in total. The van der Waals surface area contributed by atoms with Crippen LogP contribution in [0.2, 0.25) is 0 Å². The third-order valence-corrected chi connectivity index (χ3v) is 6.34. The van der Waals surface area contributed by atoms with Crippen LogP contribution in [0.3, 0.4) is 0 Å². The highest BCUT2D eigenvalue weighted by Crippen LogP contribution is 2.21. The van der Waals surface area contributed by atoms with E-state index in [2.05, 4.69) is 20.3 Å². The third kappa shape index (κ3) is 5.88. The number of aromatic nitrogens is 4. The number of hydrogen-bond donors (Lipinski definition) is 1. The highest BCUT2D eigenvalue weighted by Gasteiger charge is 2.14. The lowest BCUT2D eigenvalue weighted by Gasteiger charge is -2.22. The van der Waals surface area contributed by atoms with Crippen LogP contribution in [0.5, 0.6) is 5.75 Å². The van der Waals surface area contributed by atoms with Gasteiger partial charge in [0, 0.05) is 23.5 Å². The number of nitrogens with zero attached hydrogens (tertiary/aromatic N) is 5. The maximum Gasteiger partial charge on any atom is 0.286 e. The molecule has 0 saturated carbocycles. The monoisotopic (exact) mass is 496 g/mol. The molecule has 37 heavy (non-hydrogen) atoms. The predicted molar refractivity (Wildman–Crippen MR) is 136 cm³/mol. The number of piperidine rings is 1. The van der Waals surface area contributed by atoms with E-state index in [9.17, 15) is 9.18 Å². The molecule has 8 nitrogen and oxygen atoms in total. The first-order valence-electron chi connectivity index (χ1n) is 12.1. The molecule has 1 aromatic carbocycles. The zero-order valence-corrected chi connectivity index (χ0v) is 20.1. The highest BCUT2D eigenvalue weighted by molar-refractivity contribution is 5.60. The van der Waals surface area contributed by atoms with E-state index in [0.717, 1.165) is 43.1 Å². The lowest BCUT2D eigenvalue weighted by atomic mass is 9.99. The van der Waals surface area contributed by atoms with Crippen molar-refractivity contribution in [2.75, 3.05) is 19.7 Å². The molecule has 186 valence electrons. The number of hydrogen-bond acceptors (Lipinski definition) is 7. The van der Waals surface area contributed by atoms with Gasteiger partial charge in [0.25, 0.3) is 5.56 Å². The van der Waals surface area contributed by atoms with Crippen LogP contribution in [0, 0.1) is 23.1 Å². The smallest absolute Gasteiger partial charge is 0.286 e. The summed E-state index contributed by atoms with van der Waals surface area (Å²) in [5, 5.41) is 12.5. The van der Waals surface area contributed by atoms with Gasteiger partial charge in [0.1, 0.15) is 0 Å². The number of pyridine rings is 2. The number of nitriles is 1. The minimum absolute atomic E-state index is 0.146. The van der Waals surface area contributed by atoms with Crippen LogP contribution in [0.4, 0.5) is 4.39 Å². The molecule has 9 heteroatoms. The van der Waals surface area contributed by atoms with Crippen LogP contribution in [0.15, 0.2) is 72.0 Å². The highest BCUT2D eigenvalue weighted by atomic mass is 19.1. The average molecular weight is 497 g/mol. The van der Waals surface area contributed by atoms with Crippen molar-refractivity contribution in [3.8, 4) is 34.5 Å². The molecule has 1 fully saturated rings. The van der Waals surface area contributed by atoms with Gasteiger partial charge < -0.3 is 14.6 Å². The molecular weight excluding hydrogens is 471 g/mol. The average Bonchev–Trinajstić information content (AvgIpc) is 2.95. The molecule has 0 bridgehead atoms. The van der Waals surface area contributed by atoms with Crippen molar-refractivity contribution in [2.24, 2.45) is 5.92 Å². The molecule has 0 spiro atoms. The van der Waals surface area contributed by atoms with Gasteiger partial charge in [0.05, 0.1) is 42.9 Å². The van der Waals surface area contributed by atoms with E-state index in [0.29, 0.717) is 40.9 Å². The van der Waals surface area contributed by atoms with Crippen LogP contribution in [-0.4, -0.2) is 39.2 Å². The molecule has 1 aliphatic heterocycles. The lowest BCUT2D eigenvalue weighted by molar-refractivity contribution is 0.214. The summed E-state index contributed by atoms with van der Waals surface area (Å²) >= 11 is 0. The summed E-state index contributed by atoms with van der Waals surface area (Å²) in [6.45, 7) is 2.84. The molecule has 0 aliphatic carbocycles. The molecule has 4 aromatic rings. The minimum atomic E-state index is -0.888. The Morgan fingerprint density at radius 3 is 2.68 bits per heavy atom. The Morgan fingerprint density at radius 1 is 1.08 bits per heavy atom. The molecule has 0 radical (unpaired) electrons. The second kappa shape index (κ2) is 11.1. The Hall–Kier alpha value is -4.42. The molecule has 1 aliphatic rings. The number of halogens is 1. The van der Waals surface area contributed by atoms with Gasteiger partial charge in [-0.1, -0.05) is 18.2 Å². The standard InChI is InChI=1S/C28H25FN6O2/c29-25-12-23(26-11-20(13-30)6-9-32-26)17-35(28(25)36)16-21-2-1-3-22(10-21)27-33-14-24(15-34-27)37-18-19-4-7-31-8-5-19/h1-3,6,9-12,14-15,17,19,31H,4-5,7-8,16,18H2. The van der Waals surface area contributed by atoms with Crippen molar-refractivity contribution in [3.05, 3.63) is 94.5 Å². The van der Waals surface area contributed by atoms with Crippen molar-refractivity contribution in [1.29, 1.82) is 5.26 Å². The van der Waals surface area contributed by atoms with Gasteiger partial charge in [-0.3, -0.25) is 9.78 Å². The van der Waals surface area contributed by atoms with E-state index in [1.165, 1.54) is 10.8 Å². The van der Waals surface area contributed by atoms with E-state index in [1.807, 2.05) is 30.3 Å². The Kier molecular flexibility index (Phi) is 7.28. The maximum atomic E-state index is 14.5. The fourth-order valence-corrected chi connectivity index (χ4v) is 4.32. The predicted octanol–water partition coefficient (Wildman–Crippen LogP) is 3.80. The van der Waals surface area contributed by atoms with Crippen LogP contribution >= 0.6 is 0 Å². The first-order valence-corrected chi connectivity index (χ1v) is 12.1.